The van der Waals surface area contributed by atoms with Crippen molar-refractivity contribution >= 4 is 11.7 Å². The van der Waals surface area contributed by atoms with E-state index in [-0.39, 0.29) is 18.3 Å². The highest BCUT2D eigenvalue weighted by atomic mass is 19.1. The van der Waals surface area contributed by atoms with Crippen molar-refractivity contribution in [1.29, 1.82) is 0 Å². The standard InChI is InChI=1S/C14H18F2N2O5/c1-18-5-11(13(22)12(21)10(20)6-19)23-14(18)17-9-3-2-7(15)4-8(9)16/h2-4,10-13,19-22H,5-6H2,1H3/t10-,11?,12+,13-/m1/s1. The van der Waals surface area contributed by atoms with Crippen LogP contribution in [0.5, 0.6) is 0 Å². The Morgan fingerprint density at radius 2 is 2.04 bits per heavy atom. The average Bonchev–Trinajstić information content (AvgIpc) is 2.88. The summed E-state index contributed by atoms with van der Waals surface area (Å²) in [6.45, 7) is -0.597. The number of ether oxygens (including phenoxy) is 1. The van der Waals surface area contributed by atoms with Crippen LogP contribution in [0.3, 0.4) is 0 Å². The molecule has 0 spiro atoms. The molecule has 23 heavy (non-hydrogen) atoms. The fourth-order valence-corrected chi connectivity index (χ4v) is 2.13. The fraction of sp³-hybridized carbons (Fsp3) is 0.500. The number of nitrogens with zero attached hydrogens (tertiary/aromatic N) is 2. The molecule has 0 bridgehead atoms. The predicted octanol–water partition coefficient (Wildman–Crippen LogP) is -0.642. The Balaban J connectivity index is 2.13. The lowest BCUT2D eigenvalue weighted by Gasteiger charge is -2.24. The molecule has 4 N–H and O–H groups in total. The minimum Gasteiger partial charge on any atom is -0.457 e. The smallest absolute Gasteiger partial charge is 0.292 e. The number of hydrogen-bond acceptors (Lipinski definition) is 6. The molecule has 1 fully saturated rings. The summed E-state index contributed by atoms with van der Waals surface area (Å²) in [7, 11) is 1.57. The van der Waals surface area contributed by atoms with Crippen LogP contribution in [0, 0.1) is 11.6 Å². The molecule has 1 aliphatic heterocycles. The van der Waals surface area contributed by atoms with Crippen molar-refractivity contribution in [2.24, 2.45) is 4.99 Å². The summed E-state index contributed by atoms with van der Waals surface area (Å²) in [4.78, 5) is 5.38. The van der Waals surface area contributed by atoms with Crippen molar-refractivity contribution < 1.29 is 33.9 Å². The van der Waals surface area contributed by atoms with Gasteiger partial charge in [0.1, 0.15) is 35.9 Å². The number of aliphatic hydroxyl groups excluding tert-OH is 4. The van der Waals surface area contributed by atoms with Crippen molar-refractivity contribution in [3.63, 3.8) is 0 Å². The number of likely N-dealkylation sites (N-methyl/N-ethyl adjacent to an activating group) is 1. The Bertz CT molecular complexity index is 586. The van der Waals surface area contributed by atoms with Crippen LogP contribution in [-0.2, 0) is 4.74 Å². The summed E-state index contributed by atoms with van der Waals surface area (Å²) in [5.41, 5.74) is -0.140. The molecule has 4 atom stereocenters. The highest BCUT2D eigenvalue weighted by Gasteiger charge is 2.38. The summed E-state index contributed by atoms with van der Waals surface area (Å²) in [5, 5.41) is 37.8. The Kier molecular flexibility index (Phi) is 5.47. The van der Waals surface area contributed by atoms with E-state index in [0.29, 0.717) is 6.07 Å². The van der Waals surface area contributed by atoms with E-state index in [1.54, 1.807) is 7.05 Å². The van der Waals surface area contributed by atoms with Crippen LogP contribution in [0.25, 0.3) is 0 Å². The van der Waals surface area contributed by atoms with E-state index in [0.717, 1.165) is 12.1 Å². The van der Waals surface area contributed by atoms with Gasteiger partial charge in [-0.05, 0) is 12.1 Å². The Morgan fingerprint density at radius 3 is 2.65 bits per heavy atom. The van der Waals surface area contributed by atoms with E-state index < -0.39 is 42.7 Å². The third kappa shape index (κ3) is 3.94. The van der Waals surface area contributed by atoms with E-state index in [2.05, 4.69) is 4.99 Å². The van der Waals surface area contributed by atoms with Crippen molar-refractivity contribution in [1.82, 2.24) is 4.90 Å². The van der Waals surface area contributed by atoms with Gasteiger partial charge in [-0.3, -0.25) is 0 Å². The molecular weight excluding hydrogens is 314 g/mol. The van der Waals surface area contributed by atoms with Crippen LogP contribution in [0.15, 0.2) is 23.2 Å². The second-order valence-electron chi connectivity index (χ2n) is 5.26. The molecule has 1 heterocycles. The maximum absolute atomic E-state index is 13.6. The third-order valence-electron chi connectivity index (χ3n) is 3.48. The summed E-state index contributed by atoms with van der Waals surface area (Å²) in [6.07, 6.45) is -5.54. The Hall–Kier alpha value is -1.81. The van der Waals surface area contributed by atoms with Crippen molar-refractivity contribution in [2.75, 3.05) is 20.2 Å². The molecule has 1 aliphatic rings. The predicted molar refractivity (Wildman–Crippen MR) is 76.1 cm³/mol. The zero-order chi connectivity index (χ0) is 17.1. The molecule has 1 aromatic carbocycles. The van der Waals surface area contributed by atoms with Gasteiger partial charge in [0.15, 0.2) is 5.82 Å². The first-order valence-corrected chi connectivity index (χ1v) is 6.90. The molecule has 1 saturated heterocycles. The third-order valence-corrected chi connectivity index (χ3v) is 3.48. The summed E-state index contributed by atoms with van der Waals surface area (Å²) >= 11 is 0. The summed E-state index contributed by atoms with van der Waals surface area (Å²) in [5.74, 6) is -1.60. The average molecular weight is 332 g/mol. The maximum Gasteiger partial charge on any atom is 0.292 e. The van der Waals surface area contributed by atoms with Gasteiger partial charge in [0.05, 0.1) is 13.2 Å². The van der Waals surface area contributed by atoms with Crippen molar-refractivity contribution in [3.05, 3.63) is 29.8 Å². The van der Waals surface area contributed by atoms with Crippen LogP contribution in [0.2, 0.25) is 0 Å². The lowest BCUT2D eigenvalue weighted by Crippen LogP contribution is -2.47. The Morgan fingerprint density at radius 1 is 1.35 bits per heavy atom. The first-order chi connectivity index (χ1) is 10.8. The lowest BCUT2D eigenvalue weighted by molar-refractivity contribution is -0.106. The van der Waals surface area contributed by atoms with Crippen molar-refractivity contribution in [3.8, 4) is 0 Å². The van der Waals surface area contributed by atoms with E-state index in [4.69, 9.17) is 9.84 Å². The zero-order valence-electron chi connectivity index (χ0n) is 12.3. The molecule has 0 saturated carbocycles. The number of rotatable bonds is 5. The Labute approximate surface area is 131 Å². The first-order valence-electron chi connectivity index (χ1n) is 6.90. The topological polar surface area (TPSA) is 106 Å². The first kappa shape index (κ1) is 17.5. The minimum atomic E-state index is -1.61. The van der Waals surface area contributed by atoms with Crippen LogP contribution >= 0.6 is 0 Å². The lowest BCUT2D eigenvalue weighted by atomic mass is 10.0. The van der Waals surface area contributed by atoms with Gasteiger partial charge < -0.3 is 30.1 Å². The van der Waals surface area contributed by atoms with Crippen LogP contribution in [-0.4, -0.2) is 76.0 Å². The SMILES string of the molecule is CN1CC([C@@H](O)[C@@H](O)[C@H](O)CO)OC1=Nc1ccc(F)cc1F. The number of halogens is 2. The molecule has 7 nitrogen and oxygen atoms in total. The molecule has 2 rings (SSSR count). The second-order valence-corrected chi connectivity index (χ2v) is 5.26. The van der Waals surface area contributed by atoms with Gasteiger partial charge in [-0.2, -0.15) is 4.99 Å². The van der Waals surface area contributed by atoms with E-state index in [1.165, 1.54) is 4.90 Å². The molecule has 0 aliphatic carbocycles. The van der Waals surface area contributed by atoms with Crippen LogP contribution in [0.1, 0.15) is 0 Å². The van der Waals surface area contributed by atoms with E-state index >= 15 is 0 Å². The van der Waals surface area contributed by atoms with Gasteiger partial charge in [0.25, 0.3) is 6.02 Å². The van der Waals surface area contributed by atoms with Gasteiger partial charge in [-0.25, -0.2) is 8.78 Å². The highest BCUT2D eigenvalue weighted by molar-refractivity contribution is 5.78. The largest absolute Gasteiger partial charge is 0.457 e. The molecular formula is C14H18F2N2O5. The molecule has 0 aromatic heterocycles. The molecule has 0 amide bonds. The number of amidine groups is 1. The highest BCUT2D eigenvalue weighted by Crippen LogP contribution is 2.23. The normalized spacial score (nSPS) is 23.7. The quantitative estimate of drug-likeness (QED) is 0.571. The molecule has 128 valence electrons. The molecule has 9 heteroatoms. The number of benzene rings is 1. The van der Waals surface area contributed by atoms with E-state index in [9.17, 15) is 24.1 Å². The van der Waals surface area contributed by atoms with Crippen LogP contribution < -0.4 is 0 Å². The zero-order valence-corrected chi connectivity index (χ0v) is 12.3. The summed E-state index contributed by atoms with van der Waals surface area (Å²) < 4.78 is 31.8. The minimum absolute atomic E-state index is 0.0229. The number of aliphatic hydroxyl groups is 4. The van der Waals surface area contributed by atoms with Crippen molar-refractivity contribution in [2.45, 2.75) is 24.4 Å². The summed E-state index contributed by atoms with van der Waals surface area (Å²) in [6, 6.07) is 2.85. The van der Waals surface area contributed by atoms with Gasteiger partial charge in [-0.1, -0.05) is 0 Å². The van der Waals surface area contributed by atoms with Gasteiger partial charge in [-0.15, -0.1) is 0 Å². The van der Waals surface area contributed by atoms with Gasteiger partial charge >= 0.3 is 0 Å². The molecule has 0 radical (unpaired) electrons. The molecule has 1 aromatic rings. The monoisotopic (exact) mass is 332 g/mol. The maximum atomic E-state index is 13.6. The molecule has 1 unspecified atom stereocenters. The van der Waals surface area contributed by atoms with Gasteiger partial charge in [0, 0.05) is 13.1 Å². The van der Waals surface area contributed by atoms with Crippen LogP contribution in [0.4, 0.5) is 14.5 Å². The van der Waals surface area contributed by atoms with E-state index in [1.807, 2.05) is 0 Å². The second kappa shape index (κ2) is 7.18. The fourth-order valence-electron chi connectivity index (χ4n) is 2.13. The number of hydrogen-bond donors (Lipinski definition) is 4. The van der Waals surface area contributed by atoms with Gasteiger partial charge in [0.2, 0.25) is 0 Å². The number of aliphatic imine (C=N–C) groups is 1.